The predicted octanol–water partition coefficient (Wildman–Crippen LogP) is 1.81. The van der Waals surface area contributed by atoms with Gasteiger partial charge in [-0.2, -0.15) is 0 Å². The highest BCUT2D eigenvalue weighted by Crippen LogP contribution is 2.22. The molecule has 4 heteroatoms. The number of hydrogen-bond acceptors (Lipinski definition) is 2. The minimum Gasteiger partial charge on any atom is -0.370 e. The van der Waals surface area contributed by atoms with E-state index >= 15 is 0 Å². The normalized spacial score (nSPS) is 24.7. The highest BCUT2D eigenvalue weighted by atomic mass is 15.2. The first kappa shape index (κ1) is 14.6. The number of rotatable bonds is 5. The molecule has 0 aromatic rings. The van der Waals surface area contributed by atoms with Crippen molar-refractivity contribution in [1.29, 1.82) is 0 Å². The zero-order valence-electron chi connectivity index (χ0n) is 12.7. The molecule has 19 heavy (non-hydrogen) atoms. The Hall–Kier alpha value is -0.770. The second kappa shape index (κ2) is 6.60. The van der Waals surface area contributed by atoms with Crippen molar-refractivity contribution < 1.29 is 0 Å². The zero-order chi connectivity index (χ0) is 13.8. The molecule has 2 rings (SSSR count). The molecule has 1 atom stereocenters. The fraction of sp³-hybridized carbons (Fsp3) is 0.933. The molecule has 2 aliphatic rings. The van der Waals surface area contributed by atoms with Crippen molar-refractivity contribution in [1.82, 2.24) is 10.2 Å². The number of aliphatic imine (C=N–C) groups is 1. The maximum atomic E-state index is 5.94. The van der Waals surface area contributed by atoms with Crippen LogP contribution in [0.4, 0.5) is 0 Å². The summed E-state index contributed by atoms with van der Waals surface area (Å²) in [5.41, 5.74) is 5.94. The van der Waals surface area contributed by atoms with E-state index in [-0.39, 0.29) is 0 Å². The average molecular weight is 266 g/mol. The Labute approximate surface area is 117 Å². The summed E-state index contributed by atoms with van der Waals surface area (Å²) in [4.78, 5) is 7.17. The van der Waals surface area contributed by atoms with E-state index in [0.717, 1.165) is 12.5 Å². The van der Waals surface area contributed by atoms with Gasteiger partial charge in [0.1, 0.15) is 0 Å². The van der Waals surface area contributed by atoms with Crippen molar-refractivity contribution in [2.75, 3.05) is 19.6 Å². The predicted molar refractivity (Wildman–Crippen MR) is 81.2 cm³/mol. The first-order chi connectivity index (χ1) is 9.06. The van der Waals surface area contributed by atoms with Crippen LogP contribution in [0.2, 0.25) is 0 Å². The molecule has 0 aromatic carbocycles. The molecular formula is C15H30N4. The lowest BCUT2D eigenvalue weighted by Gasteiger charge is -2.38. The number of nitrogens with zero attached hydrogens (tertiary/aromatic N) is 2. The summed E-state index contributed by atoms with van der Waals surface area (Å²) >= 11 is 0. The third kappa shape index (κ3) is 4.68. The van der Waals surface area contributed by atoms with Gasteiger partial charge in [-0.1, -0.05) is 20.8 Å². The Bertz CT molecular complexity index is 301. The molecule has 0 aromatic heterocycles. The lowest BCUT2D eigenvalue weighted by Crippen LogP contribution is -2.46. The number of nitrogens with two attached hydrogens (primary N) is 1. The molecule has 4 nitrogen and oxygen atoms in total. The number of nitrogens with one attached hydrogen (secondary N) is 1. The standard InChI is InChI=1S/C15H30N4/c1-11(2)14(19-8-6-12(3)7-9-19)10-17-15(16)18-13-4-5-13/h11-14H,4-10H2,1-3H3,(H3,16,17,18). The summed E-state index contributed by atoms with van der Waals surface area (Å²) in [6.45, 7) is 10.2. The lowest BCUT2D eigenvalue weighted by atomic mass is 9.94. The first-order valence-corrected chi connectivity index (χ1v) is 7.86. The van der Waals surface area contributed by atoms with Crippen LogP contribution in [0.5, 0.6) is 0 Å². The number of piperidine rings is 1. The molecule has 0 radical (unpaired) electrons. The van der Waals surface area contributed by atoms with Crippen LogP contribution in [-0.2, 0) is 0 Å². The number of guanidine groups is 1. The van der Waals surface area contributed by atoms with Gasteiger partial charge in [-0.05, 0) is 50.6 Å². The average Bonchev–Trinajstić information content (AvgIpc) is 3.15. The van der Waals surface area contributed by atoms with Gasteiger partial charge in [-0.15, -0.1) is 0 Å². The van der Waals surface area contributed by atoms with Crippen molar-refractivity contribution >= 4 is 5.96 Å². The largest absolute Gasteiger partial charge is 0.370 e. The van der Waals surface area contributed by atoms with Crippen LogP contribution in [0.3, 0.4) is 0 Å². The molecule has 1 unspecified atom stereocenters. The van der Waals surface area contributed by atoms with Gasteiger partial charge in [-0.3, -0.25) is 9.89 Å². The van der Waals surface area contributed by atoms with Gasteiger partial charge in [0.25, 0.3) is 0 Å². The van der Waals surface area contributed by atoms with Crippen molar-refractivity contribution in [2.45, 2.75) is 58.5 Å². The Kier molecular flexibility index (Phi) is 5.08. The molecule has 1 aliphatic carbocycles. The SMILES string of the molecule is CC1CCN(C(CN=C(N)NC2CC2)C(C)C)CC1. The second-order valence-electron chi connectivity index (χ2n) is 6.67. The van der Waals surface area contributed by atoms with Crippen LogP contribution in [0.1, 0.15) is 46.5 Å². The van der Waals surface area contributed by atoms with Crippen molar-refractivity contribution in [3.63, 3.8) is 0 Å². The molecule has 110 valence electrons. The van der Waals surface area contributed by atoms with Gasteiger partial charge in [0.2, 0.25) is 0 Å². The maximum Gasteiger partial charge on any atom is 0.188 e. The van der Waals surface area contributed by atoms with E-state index in [9.17, 15) is 0 Å². The third-order valence-electron chi connectivity index (χ3n) is 4.43. The van der Waals surface area contributed by atoms with Crippen molar-refractivity contribution in [3.8, 4) is 0 Å². The summed E-state index contributed by atoms with van der Waals surface area (Å²) < 4.78 is 0. The molecule has 1 saturated heterocycles. The van der Waals surface area contributed by atoms with E-state index in [1.165, 1.54) is 38.8 Å². The van der Waals surface area contributed by atoms with Gasteiger partial charge in [0.05, 0.1) is 6.54 Å². The second-order valence-corrected chi connectivity index (χ2v) is 6.67. The van der Waals surface area contributed by atoms with Crippen molar-refractivity contribution in [3.05, 3.63) is 0 Å². The number of hydrogen-bond donors (Lipinski definition) is 2. The molecule has 0 amide bonds. The van der Waals surface area contributed by atoms with Crippen LogP contribution >= 0.6 is 0 Å². The van der Waals surface area contributed by atoms with E-state index in [4.69, 9.17) is 5.73 Å². The summed E-state index contributed by atoms with van der Waals surface area (Å²) in [5, 5.41) is 3.27. The Morgan fingerprint density at radius 1 is 1.26 bits per heavy atom. The minimum atomic E-state index is 0.534. The Morgan fingerprint density at radius 2 is 1.89 bits per heavy atom. The smallest absolute Gasteiger partial charge is 0.188 e. The summed E-state index contributed by atoms with van der Waals surface area (Å²) in [5.74, 6) is 2.15. The molecular weight excluding hydrogens is 236 g/mol. The first-order valence-electron chi connectivity index (χ1n) is 7.86. The third-order valence-corrected chi connectivity index (χ3v) is 4.43. The molecule has 3 N–H and O–H groups in total. The van der Waals surface area contributed by atoms with E-state index in [0.29, 0.717) is 24.0 Å². The molecule has 0 spiro atoms. The molecule has 0 bridgehead atoms. The number of likely N-dealkylation sites (tertiary alicyclic amines) is 1. The van der Waals surface area contributed by atoms with Crippen LogP contribution in [-0.4, -0.2) is 42.6 Å². The van der Waals surface area contributed by atoms with Crippen LogP contribution in [0.25, 0.3) is 0 Å². The quantitative estimate of drug-likeness (QED) is 0.589. The van der Waals surface area contributed by atoms with Crippen LogP contribution in [0, 0.1) is 11.8 Å². The highest BCUT2D eigenvalue weighted by molar-refractivity contribution is 5.78. The van der Waals surface area contributed by atoms with Gasteiger partial charge in [0.15, 0.2) is 5.96 Å². The van der Waals surface area contributed by atoms with Gasteiger partial charge in [-0.25, -0.2) is 0 Å². The summed E-state index contributed by atoms with van der Waals surface area (Å²) in [7, 11) is 0. The monoisotopic (exact) mass is 266 g/mol. The van der Waals surface area contributed by atoms with Crippen molar-refractivity contribution in [2.24, 2.45) is 22.6 Å². The van der Waals surface area contributed by atoms with E-state index in [2.05, 4.69) is 36.0 Å². The lowest BCUT2D eigenvalue weighted by molar-refractivity contribution is 0.113. The Morgan fingerprint density at radius 3 is 2.42 bits per heavy atom. The van der Waals surface area contributed by atoms with E-state index in [1.807, 2.05) is 0 Å². The van der Waals surface area contributed by atoms with Gasteiger partial charge in [0, 0.05) is 12.1 Å². The summed E-state index contributed by atoms with van der Waals surface area (Å²) in [6, 6.07) is 1.13. The van der Waals surface area contributed by atoms with Crippen LogP contribution in [0.15, 0.2) is 4.99 Å². The fourth-order valence-electron chi connectivity index (χ4n) is 2.78. The highest BCUT2D eigenvalue weighted by Gasteiger charge is 2.26. The van der Waals surface area contributed by atoms with Gasteiger partial charge < -0.3 is 11.1 Å². The molecule has 1 aliphatic heterocycles. The maximum absolute atomic E-state index is 5.94. The molecule has 1 heterocycles. The topological polar surface area (TPSA) is 53.6 Å². The minimum absolute atomic E-state index is 0.534. The Balaban J connectivity index is 1.84. The van der Waals surface area contributed by atoms with Crippen LogP contribution < -0.4 is 11.1 Å². The molecule has 2 fully saturated rings. The molecule has 1 saturated carbocycles. The van der Waals surface area contributed by atoms with E-state index in [1.54, 1.807) is 0 Å². The van der Waals surface area contributed by atoms with E-state index < -0.39 is 0 Å². The zero-order valence-corrected chi connectivity index (χ0v) is 12.7. The summed E-state index contributed by atoms with van der Waals surface area (Å²) in [6.07, 6.45) is 5.13. The van der Waals surface area contributed by atoms with Gasteiger partial charge >= 0.3 is 0 Å². The fourth-order valence-corrected chi connectivity index (χ4v) is 2.78.